The molecule has 2 aliphatic heterocycles. The van der Waals surface area contributed by atoms with Gasteiger partial charge in [-0.3, -0.25) is 4.79 Å². The molecular formula is C19H29N3O4S. The highest BCUT2D eigenvalue weighted by atomic mass is 32.2. The highest BCUT2D eigenvalue weighted by Crippen LogP contribution is 2.27. The molecule has 0 aliphatic carbocycles. The van der Waals surface area contributed by atoms with Crippen LogP contribution in [-0.2, 0) is 19.6 Å². The maximum Gasteiger partial charge on any atom is 0.225 e. The summed E-state index contributed by atoms with van der Waals surface area (Å²) in [6, 6.07) is 8.22. The van der Waals surface area contributed by atoms with Crippen molar-refractivity contribution in [2.75, 3.05) is 58.0 Å². The molecule has 0 radical (unpaired) electrons. The van der Waals surface area contributed by atoms with Crippen molar-refractivity contribution in [3.63, 3.8) is 0 Å². The van der Waals surface area contributed by atoms with E-state index < -0.39 is 10.0 Å². The van der Waals surface area contributed by atoms with Crippen LogP contribution in [0.4, 0.5) is 5.69 Å². The fourth-order valence-electron chi connectivity index (χ4n) is 3.73. The lowest BCUT2D eigenvalue weighted by Crippen LogP contribution is -2.48. The van der Waals surface area contributed by atoms with E-state index in [1.165, 1.54) is 10.6 Å². The Morgan fingerprint density at radius 3 is 2.30 bits per heavy atom. The number of hydrogen-bond acceptors (Lipinski definition) is 5. The first-order chi connectivity index (χ1) is 12.8. The number of carbonyl (C=O) groups is 1. The maximum absolute atomic E-state index is 12.9. The molecule has 1 atom stereocenters. The second-order valence-corrected chi connectivity index (χ2v) is 9.55. The molecule has 2 fully saturated rings. The van der Waals surface area contributed by atoms with Crippen LogP contribution >= 0.6 is 0 Å². The zero-order valence-electron chi connectivity index (χ0n) is 16.3. The van der Waals surface area contributed by atoms with Crippen molar-refractivity contribution in [2.24, 2.45) is 5.92 Å². The minimum absolute atomic E-state index is 0.0992. The average molecular weight is 396 g/mol. The Kier molecular flexibility index (Phi) is 6.08. The SMILES string of the molecule is CN(C)c1ccc(C2CN(C(=O)C3CCN(S(C)(=O)=O)CC3)CCO2)cc1. The van der Waals surface area contributed by atoms with Gasteiger partial charge in [-0.25, -0.2) is 12.7 Å². The Balaban J connectivity index is 1.60. The van der Waals surface area contributed by atoms with Gasteiger partial charge in [-0.05, 0) is 30.5 Å². The number of amides is 1. The summed E-state index contributed by atoms with van der Waals surface area (Å²) in [6.07, 6.45) is 2.29. The van der Waals surface area contributed by atoms with Gasteiger partial charge in [-0.2, -0.15) is 0 Å². The topological polar surface area (TPSA) is 70.2 Å². The van der Waals surface area contributed by atoms with E-state index in [-0.39, 0.29) is 17.9 Å². The molecule has 1 aromatic rings. The largest absolute Gasteiger partial charge is 0.378 e. The van der Waals surface area contributed by atoms with Gasteiger partial charge in [0.25, 0.3) is 0 Å². The predicted octanol–water partition coefficient (Wildman–Crippen LogP) is 1.32. The lowest BCUT2D eigenvalue weighted by Gasteiger charge is -2.37. The molecular weight excluding hydrogens is 366 g/mol. The van der Waals surface area contributed by atoms with Crippen LogP contribution in [0.25, 0.3) is 0 Å². The van der Waals surface area contributed by atoms with Crippen LogP contribution in [0.5, 0.6) is 0 Å². The molecule has 27 heavy (non-hydrogen) atoms. The molecule has 0 saturated carbocycles. The first-order valence-corrected chi connectivity index (χ1v) is 11.2. The second-order valence-electron chi connectivity index (χ2n) is 7.57. The smallest absolute Gasteiger partial charge is 0.225 e. The van der Waals surface area contributed by atoms with Crippen molar-refractivity contribution in [3.8, 4) is 0 Å². The lowest BCUT2D eigenvalue weighted by molar-refractivity contribution is -0.144. The summed E-state index contributed by atoms with van der Waals surface area (Å²) >= 11 is 0. The molecule has 1 unspecified atom stereocenters. The van der Waals surface area contributed by atoms with Crippen molar-refractivity contribution in [1.82, 2.24) is 9.21 Å². The van der Waals surface area contributed by atoms with Crippen molar-refractivity contribution in [1.29, 1.82) is 0 Å². The molecule has 1 amide bonds. The number of hydrogen-bond donors (Lipinski definition) is 0. The molecule has 8 heteroatoms. The van der Waals surface area contributed by atoms with Crippen molar-refractivity contribution in [3.05, 3.63) is 29.8 Å². The van der Waals surface area contributed by atoms with E-state index in [4.69, 9.17) is 4.74 Å². The lowest BCUT2D eigenvalue weighted by atomic mass is 9.96. The molecule has 3 rings (SSSR count). The molecule has 0 spiro atoms. The number of rotatable bonds is 4. The van der Waals surface area contributed by atoms with Crippen LogP contribution in [0.2, 0.25) is 0 Å². The number of sulfonamides is 1. The number of nitrogens with zero attached hydrogens (tertiary/aromatic N) is 3. The van der Waals surface area contributed by atoms with Gasteiger partial charge in [0.2, 0.25) is 15.9 Å². The summed E-state index contributed by atoms with van der Waals surface area (Å²) in [5.74, 6) is 0.0271. The fraction of sp³-hybridized carbons (Fsp3) is 0.632. The number of morpholine rings is 1. The monoisotopic (exact) mass is 395 g/mol. The van der Waals surface area contributed by atoms with Crippen LogP contribution in [0, 0.1) is 5.92 Å². The quantitative estimate of drug-likeness (QED) is 0.769. The van der Waals surface area contributed by atoms with E-state index in [9.17, 15) is 13.2 Å². The summed E-state index contributed by atoms with van der Waals surface area (Å²) in [5, 5.41) is 0. The van der Waals surface area contributed by atoms with Gasteiger partial charge in [0.05, 0.1) is 19.4 Å². The maximum atomic E-state index is 12.9. The highest BCUT2D eigenvalue weighted by molar-refractivity contribution is 7.88. The third kappa shape index (κ3) is 4.80. The summed E-state index contributed by atoms with van der Waals surface area (Å²) in [5.41, 5.74) is 2.20. The molecule has 2 saturated heterocycles. The molecule has 2 aliphatic rings. The first-order valence-electron chi connectivity index (χ1n) is 9.38. The first kappa shape index (κ1) is 20.1. The average Bonchev–Trinajstić information content (AvgIpc) is 2.67. The van der Waals surface area contributed by atoms with Gasteiger partial charge >= 0.3 is 0 Å². The van der Waals surface area contributed by atoms with Crippen LogP contribution in [0.1, 0.15) is 24.5 Å². The van der Waals surface area contributed by atoms with E-state index in [1.807, 2.05) is 23.9 Å². The van der Waals surface area contributed by atoms with E-state index in [0.29, 0.717) is 45.6 Å². The van der Waals surface area contributed by atoms with Gasteiger partial charge in [-0.15, -0.1) is 0 Å². The Bertz CT molecular complexity index is 756. The summed E-state index contributed by atoms with van der Waals surface area (Å²) < 4.78 is 30.6. The van der Waals surface area contributed by atoms with Crippen molar-refractivity contribution < 1.29 is 17.9 Å². The summed E-state index contributed by atoms with van der Waals surface area (Å²) in [6.45, 7) is 2.52. The van der Waals surface area contributed by atoms with E-state index in [1.54, 1.807) is 0 Å². The Morgan fingerprint density at radius 2 is 1.74 bits per heavy atom. The van der Waals surface area contributed by atoms with Gasteiger partial charge in [0.15, 0.2) is 0 Å². The molecule has 2 heterocycles. The molecule has 150 valence electrons. The second kappa shape index (κ2) is 8.16. The Labute approximate surface area is 161 Å². The molecule has 0 bridgehead atoms. The molecule has 0 N–H and O–H groups in total. The van der Waals surface area contributed by atoms with Gasteiger partial charge in [0, 0.05) is 45.3 Å². The zero-order chi connectivity index (χ0) is 19.6. The Morgan fingerprint density at radius 1 is 1.11 bits per heavy atom. The molecule has 1 aromatic carbocycles. The molecule has 7 nitrogen and oxygen atoms in total. The van der Waals surface area contributed by atoms with Crippen LogP contribution in [0.3, 0.4) is 0 Å². The minimum Gasteiger partial charge on any atom is -0.378 e. The number of benzene rings is 1. The predicted molar refractivity (Wildman–Crippen MR) is 105 cm³/mol. The van der Waals surface area contributed by atoms with E-state index in [2.05, 4.69) is 24.3 Å². The third-order valence-corrected chi connectivity index (χ3v) is 6.73. The van der Waals surface area contributed by atoms with Gasteiger partial charge < -0.3 is 14.5 Å². The van der Waals surface area contributed by atoms with Crippen LogP contribution in [-0.4, -0.2) is 76.7 Å². The molecule has 0 aromatic heterocycles. The minimum atomic E-state index is -3.17. The normalized spacial score (nSPS) is 22.6. The standard InChI is InChI=1S/C19H29N3O4S/c1-20(2)17-6-4-15(5-7-17)18-14-21(12-13-26-18)19(23)16-8-10-22(11-9-16)27(3,24)25/h4-7,16,18H,8-14H2,1-3H3. The van der Waals surface area contributed by atoms with Crippen molar-refractivity contribution >= 4 is 21.6 Å². The summed E-state index contributed by atoms with van der Waals surface area (Å²) in [7, 11) is 0.834. The number of anilines is 1. The highest BCUT2D eigenvalue weighted by Gasteiger charge is 2.33. The number of carbonyl (C=O) groups excluding carboxylic acids is 1. The number of piperidine rings is 1. The fourth-order valence-corrected chi connectivity index (χ4v) is 4.60. The Hall–Kier alpha value is -1.64. The van der Waals surface area contributed by atoms with Crippen molar-refractivity contribution in [2.45, 2.75) is 18.9 Å². The van der Waals surface area contributed by atoms with E-state index >= 15 is 0 Å². The summed E-state index contributed by atoms with van der Waals surface area (Å²) in [4.78, 5) is 16.9. The van der Waals surface area contributed by atoms with Gasteiger partial charge in [0.1, 0.15) is 6.10 Å². The van der Waals surface area contributed by atoms with E-state index in [0.717, 1.165) is 11.3 Å². The third-order valence-electron chi connectivity index (χ3n) is 5.43. The number of ether oxygens (including phenoxy) is 1. The van der Waals surface area contributed by atoms with Gasteiger partial charge in [-0.1, -0.05) is 12.1 Å². The van der Waals surface area contributed by atoms with Crippen LogP contribution < -0.4 is 4.90 Å². The van der Waals surface area contributed by atoms with Crippen LogP contribution in [0.15, 0.2) is 24.3 Å². The zero-order valence-corrected chi connectivity index (χ0v) is 17.1.